The molecule has 0 N–H and O–H groups in total. The van der Waals surface area contributed by atoms with Crippen LogP contribution in [-0.2, 0) is 14.6 Å². The zero-order chi connectivity index (χ0) is 15.9. The molecule has 2 aromatic carbocycles. The highest BCUT2D eigenvalue weighted by Crippen LogP contribution is 2.53. The van der Waals surface area contributed by atoms with Crippen molar-refractivity contribution in [3.63, 3.8) is 0 Å². The van der Waals surface area contributed by atoms with Gasteiger partial charge in [0.15, 0.2) is 9.84 Å². The zero-order valence-electron chi connectivity index (χ0n) is 11.3. The van der Waals surface area contributed by atoms with Gasteiger partial charge in [0.2, 0.25) is 0 Å². The van der Waals surface area contributed by atoms with Crippen molar-refractivity contribution in [3.8, 4) is 0 Å². The molecule has 1 saturated carbocycles. The third-order valence-corrected chi connectivity index (χ3v) is 6.64. The Morgan fingerprint density at radius 1 is 0.955 bits per heavy atom. The summed E-state index contributed by atoms with van der Waals surface area (Å²) in [7, 11) is -3.59. The second kappa shape index (κ2) is 5.69. The SMILES string of the molecule is O=C[C@@H]1[C@@H](c2cccc(Cl)c2)[C@@H]1S(=O)(=O)c1ccc(Cl)cc1. The average Bonchev–Trinajstić information content (AvgIpc) is 3.23. The van der Waals surface area contributed by atoms with E-state index < -0.39 is 21.0 Å². The first-order valence-corrected chi connectivity index (χ1v) is 8.95. The molecule has 3 nitrogen and oxygen atoms in total. The number of halogens is 2. The molecular weight excluding hydrogens is 343 g/mol. The molecule has 1 aliphatic carbocycles. The molecule has 0 bridgehead atoms. The van der Waals surface area contributed by atoms with Crippen molar-refractivity contribution in [2.45, 2.75) is 16.1 Å². The number of aldehydes is 1. The highest BCUT2D eigenvalue weighted by molar-refractivity contribution is 7.92. The molecule has 0 unspecified atom stereocenters. The first-order chi connectivity index (χ1) is 10.4. The number of carbonyl (C=O) groups excluding carboxylic acids is 1. The number of rotatable bonds is 4. The van der Waals surface area contributed by atoms with Crippen LogP contribution in [0.2, 0.25) is 10.0 Å². The standard InChI is InChI=1S/C16H12Cl2O3S/c17-11-4-6-13(7-5-11)22(20,21)16-14(9-19)15(16)10-2-1-3-12(18)8-10/h1-9,14-16H/t14-,15-,16-/m1/s1. The third kappa shape index (κ3) is 2.67. The lowest BCUT2D eigenvalue weighted by Crippen LogP contribution is -2.11. The van der Waals surface area contributed by atoms with Crippen molar-refractivity contribution < 1.29 is 13.2 Å². The summed E-state index contributed by atoms with van der Waals surface area (Å²) in [6.45, 7) is 0. The van der Waals surface area contributed by atoms with Gasteiger partial charge in [0.25, 0.3) is 0 Å². The van der Waals surface area contributed by atoms with Gasteiger partial charge in [-0.2, -0.15) is 0 Å². The smallest absolute Gasteiger partial charge is 0.182 e. The van der Waals surface area contributed by atoms with Crippen LogP contribution in [-0.4, -0.2) is 20.0 Å². The first kappa shape index (κ1) is 15.5. The van der Waals surface area contributed by atoms with Crippen molar-refractivity contribution in [1.82, 2.24) is 0 Å². The van der Waals surface area contributed by atoms with Gasteiger partial charge in [0.1, 0.15) is 6.29 Å². The molecular formula is C16H12Cl2O3S. The predicted octanol–water partition coefficient (Wildman–Crippen LogP) is 3.75. The molecule has 6 heteroatoms. The maximum Gasteiger partial charge on any atom is 0.182 e. The number of benzene rings is 2. The predicted molar refractivity (Wildman–Crippen MR) is 86.2 cm³/mol. The van der Waals surface area contributed by atoms with E-state index in [1.54, 1.807) is 24.3 Å². The van der Waals surface area contributed by atoms with Crippen LogP contribution in [0.15, 0.2) is 53.4 Å². The van der Waals surface area contributed by atoms with E-state index >= 15 is 0 Å². The number of hydrogen-bond donors (Lipinski definition) is 0. The molecule has 22 heavy (non-hydrogen) atoms. The van der Waals surface area contributed by atoms with Gasteiger partial charge >= 0.3 is 0 Å². The molecule has 0 aromatic heterocycles. The number of hydrogen-bond acceptors (Lipinski definition) is 3. The Bertz CT molecular complexity index is 816. The van der Waals surface area contributed by atoms with E-state index in [1.165, 1.54) is 24.3 Å². The Balaban J connectivity index is 1.97. The maximum absolute atomic E-state index is 12.7. The minimum atomic E-state index is -3.59. The minimum Gasteiger partial charge on any atom is -0.303 e. The molecule has 0 heterocycles. The van der Waals surface area contributed by atoms with Crippen LogP contribution in [0.1, 0.15) is 11.5 Å². The number of sulfone groups is 1. The molecule has 1 aliphatic rings. The number of carbonyl (C=O) groups is 1. The summed E-state index contributed by atoms with van der Waals surface area (Å²) in [5.74, 6) is -0.893. The molecule has 2 aromatic rings. The topological polar surface area (TPSA) is 51.2 Å². The normalized spacial score (nSPS) is 24.0. The van der Waals surface area contributed by atoms with Gasteiger partial charge in [-0.3, -0.25) is 0 Å². The van der Waals surface area contributed by atoms with E-state index in [0.29, 0.717) is 16.3 Å². The lowest BCUT2D eigenvalue weighted by molar-refractivity contribution is -0.108. The van der Waals surface area contributed by atoms with Gasteiger partial charge in [-0.1, -0.05) is 35.3 Å². The quantitative estimate of drug-likeness (QED) is 0.785. The van der Waals surface area contributed by atoms with Crippen LogP contribution in [0.5, 0.6) is 0 Å². The fraction of sp³-hybridized carbons (Fsp3) is 0.188. The highest BCUT2D eigenvalue weighted by atomic mass is 35.5. The van der Waals surface area contributed by atoms with E-state index in [0.717, 1.165) is 5.56 Å². The third-order valence-electron chi connectivity index (χ3n) is 3.90. The van der Waals surface area contributed by atoms with Crippen LogP contribution in [0.3, 0.4) is 0 Å². The van der Waals surface area contributed by atoms with Crippen LogP contribution < -0.4 is 0 Å². The second-order valence-electron chi connectivity index (χ2n) is 5.26. The van der Waals surface area contributed by atoms with E-state index in [1.807, 2.05) is 0 Å². The molecule has 0 amide bonds. The van der Waals surface area contributed by atoms with Crippen molar-refractivity contribution in [2.24, 2.45) is 5.92 Å². The second-order valence-corrected chi connectivity index (χ2v) is 8.24. The lowest BCUT2D eigenvalue weighted by Gasteiger charge is -2.04. The van der Waals surface area contributed by atoms with Crippen molar-refractivity contribution in [2.75, 3.05) is 0 Å². The van der Waals surface area contributed by atoms with Gasteiger partial charge in [0.05, 0.1) is 10.1 Å². The van der Waals surface area contributed by atoms with Crippen LogP contribution >= 0.6 is 23.2 Å². The summed E-state index contributed by atoms with van der Waals surface area (Å²) in [6.07, 6.45) is 0.712. The summed E-state index contributed by atoms with van der Waals surface area (Å²) in [6, 6.07) is 13.0. The summed E-state index contributed by atoms with van der Waals surface area (Å²) in [5, 5.41) is 0.245. The molecule has 0 aliphatic heterocycles. The molecule has 0 saturated heterocycles. The summed E-state index contributed by atoms with van der Waals surface area (Å²) >= 11 is 11.7. The summed E-state index contributed by atoms with van der Waals surface area (Å²) in [5.41, 5.74) is 0.770. The fourth-order valence-electron chi connectivity index (χ4n) is 2.77. The molecule has 114 valence electrons. The summed E-state index contributed by atoms with van der Waals surface area (Å²) in [4.78, 5) is 11.4. The van der Waals surface area contributed by atoms with E-state index in [2.05, 4.69) is 0 Å². The van der Waals surface area contributed by atoms with Gasteiger partial charge in [-0.05, 0) is 42.0 Å². The van der Waals surface area contributed by atoms with Gasteiger partial charge in [-0.15, -0.1) is 0 Å². The Morgan fingerprint density at radius 2 is 1.64 bits per heavy atom. The zero-order valence-corrected chi connectivity index (χ0v) is 13.6. The first-order valence-electron chi connectivity index (χ1n) is 6.65. The Hall–Kier alpha value is -1.36. The van der Waals surface area contributed by atoms with Crippen molar-refractivity contribution >= 4 is 39.3 Å². The molecule has 0 radical (unpaired) electrons. The van der Waals surface area contributed by atoms with Crippen LogP contribution in [0, 0.1) is 5.92 Å². The van der Waals surface area contributed by atoms with Gasteiger partial charge in [0, 0.05) is 21.9 Å². The average molecular weight is 355 g/mol. The Kier molecular flexibility index (Phi) is 4.02. The molecule has 3 rings (SSSR count). The minimum absolute atomic E-state index is 0.179. The fourth-order valence-corrected chi connectivity index (χ4v) is 5.21. The molecule has 0 spiro atoms. The van der Waals surface area contributed by atoms with E-state index in [9.17, 15) is 13.2 Å². The van der Waals surface area contributed by atoms with Gasteiger partial charge in [-0.25, -0.2) is 8.42 Å². The van der Waals surface area contributed by atoms with Crippen LogP contribution in [0.4, 0.5) is 0 Å². The Labute approximate surface area is 138 Å². The molecule has 3 atom stereocenters. The maximum atomic E-state index is 12.7. The largest absolute Gasteiger partial charge is 0.303 e. The monoisotopic (exact) mass is 354 g/mol. The van der Waals surface area contributed by atoms with E-state index in [-0.39, 0.29) is 10.8 Å². The Morgan fingerprint density at radius 3 is 2.23 bits per heavy atom. The van der Waals surface area contributed by atoms with E-state index in [4.69, 9.17) is 23.2 Å². The molecule has 1 fully saturated rings. The van der Waals surface area contributed by atoms with Gasteiger partial charge < -0.3 is 4.79 Å². The van der Waals surface area contributed by atoms with Crippen LogP contribution in [0.25, 0.3) is 0 Å². The van der Waals surface area contributed by atoms with Crippen molar-refractivity contribution in [1.29, 1.82) is 0 Å². The highest BCUT2D eigenvalue weighted by Gasteiger charge is 2.59. The summed E-state index contributed by atoms with van der Waals surface area (Å²) < 4.78 is 25.4. The van der Waals surface area contributed by atoms with Crippen molar-refractivity contribution in [3.05, 3.63) is 64.1 Å². The lowest BCUT2D eigenvalue weighted by atomic mass is 10.1.